The third-order valence-electron chi connectivity index (χ3n) is 3.78. The van der Waals surface area contributed by atoms with Gasteiger partial charge in [0.25, 0.3) is 0 Å². The lowest BCUT2D eigenvalue weighted by Gasteiger charge is -2.11. The van der Waals surface area contributed by atoms with Crippen LogP contribution in [0.3, 0.4) is 0 Å². The Kier molecular flexibility index (Phi) is 6.29. The van der Waals surface area contributed by atoms with Crippen molar-refractivity contribution in [3.05, 3.63) is 65.7 Å². The van der Waals surface area contributed by atoms with Crippen molar-refractivity contribution in [2.75, 3.05) is 13.7 Å². The Bertz CT molecular complexity index is 507. The van der Waals surface area contributed by atoms with Crippen LogP contribution in [0, 0.1) is 0 Å². The van der Waals surface area contributed by atoms with Crippen molar-refractivity contribution < 1.29 is 4.74 Å². The first-order chi connectivity index (χ1) is 10.3. The van der Waals surface area contributed by atoms with Gasteiger partial charge in [0, 0.05) is 6.04 Å². The van der Waals surface area contributed by atoms with E-state index in [0.29, 0.717) is 6.04 Å². The highest BCUT2D eigenvalue weighted by atomic mass is 16.5. The summed E-state index contributed by atoms with van der Waals surface area (Å²) in [5.41, 5.74) is 2.69. The molecule has 0 aliphatic carbocycles. The van der Waals surface area contributed by atoms with Gasteiger partial charge >= 0.3 is 0 Å². The summed E-state index contributed by atoms with van der Waals surface area (Å²) in [5.74, 6) is 0.960. The molecular weight excluding hydrogens is 258 g/mol. The average molecular weight is 283 g/mol. The lowest BCUT2D eigenvalue weighted by Crippen LogP contribution is -2.11. The summed E-state index contributed by atoms with van der Waals surface area (Å²) < 4.78 is 5.79. The molecule has 1 atom stereocenters. The molecule has 2 aromatic carbocycles. The van der Waals surface area contributed by atoms with E-state index in [9.17, 15) is 0 Å². The van der Waals surface area contributed by atoms with Crippen molar-refractivity contribution in [2.24, 2.45) is 0 Å². The first kappa shape index (κ1) is 15.6. The molecule has 0 spiro atoms. The predicted octanol–water partition coefficient (Wildman–Crippen LogP) is 4.37. The molecule has 0 heterocycles. The lowest BCUT2D eigenvalue weighted by atomic mass is 10.1. The number of aryl methyl sites for hydroxylation is 1. The van der Waals surface area contributed by atoms with E-state index in [1.165, 1.54) is 17.5 Å². The maximum absolute atomic E-state index is 5.79. The van der Waals surface area contributed by atoms with E-state index in [0.717, 1.165) is 25.2 Å². The van der Waals surface area contributed by atoms with Gasteiger partial charge < -0.3 is 10.1 Å². The van der Waals surface area contributed by atoms with Crippen LogP contribution in [0.1, 0.15) is 36.9 Å². The van der Waals surface area contributed by atoms with Gasteiger partial charge in [-0.3, -0.25) is 0 Å². The van der Waals surface area contributed by atoms with Crippen LogP contribution in [0.15, 0.2) is 54.6 Å². The highest BCUT2D eigenvalue weighted by molar-refractivity contribution is 5.28. The van der Waals surface area contributed by atoms with E-state index in [1.54, 1.807) is 0 Å². The van der Waals surface area contributed by atoms with Crippen LogP contribution in [0.4, 0.5) is 0 Å². The van der Waals surface area contributed by atoms with Crippen molar-refractivity contribution in [2.45, 2.75) is 32.2 Å². The van der Waals surface area contributed by atoms with E-state index < -0.39 is 0 Å². The maximum atomic E-state index is 5.79. The Hall–Kier alpha value is -1.80. The van der Waals surface area contributed by atoms with Crippen LogP contribution in [0.2, 0.25) is 0 Å². The highest BCUT2D eigenvalue weighted by Gasteiger charge is 2.02. The van der Waals surface area contributed by atoms with Crippen molar-refractivity contribution >= 4 is 0 Å². The minimum Gasteiger partial charge on any atom is -0.494 e. The number of unbranched alkanes of at least 4 members (excludes halogenated alkanes) is 1. The normalized spacial score (nSPS) is 12.1. The number of rotatable bonds is 8. The first-order valence-electron chi connectivity index (χ1n) is 7.73. The standard InChI is InChI=1S/C19H25NO/c1-16(20-2)18-11-13-19(14-12-18)21-15-7-6-10-17-8-4-3-5-9-17/h3-5,8-9,11-14,16,20H,6-7,10,15H2,1-2H3. The van der Waals surface area contributed by atoms with Gasteiger partial charge in [-0.2, -0.15) is 0 Å². The van der Waals surface area contributed by atoms with Crippen LogP contribution >= 0.6 is 0 Å². The summed E-state index contributed by atoms with van der Waals surface area (Å²) in [7, 11) is 1.97. The zero-order valence-corrected chi connectivity index (χ0v) is 13.0. The summed E-state index contributed by atoms with van der Waals surface area (Å²) >= 11 is 0. The molecule has 2 nitrogen and oxygen atoms in total. The van der Waals surface area contributed by atoms with Gasteiger partial charge in [0.15, 0.2) is 0 Å². The fraction of sp³-hybridized carbons (Fsp3) is 0.368. The summed E-state index contributed by atoms with van der Waals surface area (Å²) in [5, 5.41) is 3.24. The van der Waals surface area contributed by atoms with Crippen molar-refractivity contribution in [1.82, 2.24) is 5.32 Å². The molecule has 0 radical (unpaired) electrons. The maximum Gasteiger partial charge on any atom is 0.119 e. The number of nitrogens with one attached hydrogen (secondary N) is 1. The quantitative estimate of drug-likeness (QED) is 0.726. The van der Waals surface area contributed by atoms with Gasteiger partial charge in [-0.05, 0) is 56.5 Å². The SMILES string of the molecule is CNC(C)c1ccc(OCCCCc2ccccc2)cc1. The third kappa shape index (κ3) is 5.24. The molecule has 112 valence electrons. The van der Waals surface area contributed by atoms with Crippen LogP contribution in [0.5, 0.6) is 5.75 Å². The number of hydrogen-bond donors (Lipinski definition) is 1. The molecule has 1 N–H and O–H groups in total. The summed E-state index contributed by atoms with van der Waals surface area (Å²) in [4.78, 5) is 0. The second kappa shape index (κ2) is 8.48. The van der Waals surface area contributed by atoms with Crippen LogP contribution in [-0.4, -0.2) is 13.7 Å². The highest BCUT2D eigenvalue weighted by Crippen LogP contribution is 2.17. The van der Waals surface area contributed by atoms with E-state index in [1.807, 2.05) is 7.05 Å². The van der Waals surface area contributed by atoms with E-state index in [-0.39, 0.29) is 0 Å². The monoisotopic (exact) mass is 283 g/mol. The summed E-state index contributed by atoms with van der Waals surface area (Å²) in [6.45, 7) is 2.94. The molecule has 0 saturated carbocycles. The minimum absolute atomic E-state index is 0.380. The fourth-order valence-electron chi connectivity index (χ4n) is 2.29. The molecule has 0 fully saturated rings. The second-order valence-corrected chi connectivity index (χ2v) is 5.37. The lowest BCUT2D eigenvalue weighted by molar-refractivity contribution is 0.307. The van der Waals surface area contributed by atoms with Gasteiger partial charge in [-0.25, -0.2) is 0 Å². The van der Waals surface area contributed by atoms with Gasteiger partial charge in [-0.15, -0.1) is 0 Å². The Morgan fingerprint density at radius 2 is 1.67 bits per heavy atom. The molecule has 0 aliphatic rings. The molecule has 0 amide bonds. The number of hydrogen-bond acceptors (Lipinski definition) is 2. The minimum atomic E-state index is 0.380. The molecule has 2 aromatic rings. The molecule has 0 aliphatic heterocycles. The number of ether oxygens (including phenoxy) is 1. The smallest absolute Gasteiger partial charge is 0.119 e. The van der Waals surface area contributed by atoms with E-state index >= 15 is 0 Å². The third-order valence-corrected chi connectivity index (χ3v) is 3.78. The Labute approximate surface area is 128 Å². The molecule has 2 heteroatoms. The molecule has 0 saturated heterocycles. The first-order valence-corrected chi connectivity index (χ1v) is 7.73. The molecular formula is C19H25NO. The molecule has 1 unspecified atom stereocenters. The van der Waals surface area contributed by atoms with Gasteiger partial charge in [0.05, 0.1) is 6.61 Å². The van der Waals surface area contributed by atoms with Crippen LogP contribution in [-0.2, 0) is 6.42 Å². The Balaban J connectivity index is 1.67. The van der Waals surface area contributed by atoms with Gasteiger partial charge in [0.1, 0.15) is 5.75 Å². The van der Waals surface area contributed by atoms with E-state index in [2.05, 4.69) is 66.8 Å². The molecule has 0 aromatic heterocycles. The second-order valence-electron chi connectivity index (χ2n) is 5.37. The molecule has 0 bridgehead atoms. The summed E-state index contributed by atoms with van der Waals surface area (Å²) in [6.07, 6.45) is 3.38. The zero-order valence-electron chi connectivity index (χ0n) is 13.0. The topological polar surface area (TPSA) is 21.3 Å². The number of benzene rings is 2. The average Bonchev–Trinajstić information content (AvgIpc) is 2.55. The van der Waals surface area contributed by atoms with Crippen LogP contribution in [0.25, 0.3) is 0 Å². The predicted molar refractivity (Wildman–Crippen MR) is 88.8 cm³/mol. The fourth-order valence-corrected chi connectivity index (χ4v) is 2.29. The van der Waals surface area contributed by atoms with Crippen molar-refractivity contribution in [3.63, 3.8) is 0 Å². The largest absolute Gasteiger partial charge is 0.494 e. The van der Waals surface area contributed by atoms with Crippen LogP contribution < -0.4 is 10.1 Å². The van der Waals surface area contributed by atoms with Crippen molar-refractivity contribution in [3.8, 4) is 5.75 Å². The van der Waals surface area contributed by atoms with E-state index in [4.69, 9.17) is 4.74 Å². The van der Waals surface area contributed by atoms with Gasteiger partial charge in [0.2, 0.25) is 0 Å². The Morgan fingerprint density at radius 3 is 2.33 bits per heavy atom. The Morgan fingerprint density at radius 1 is 0.952 bits per heavy atom. The molecule has 21 heavy (non-hydrogen) atoms. The van der Waals surface area contributed by atoms with Gasteiger partial charge in [-0.1, -0.05) is 42.5 Å². The zero-order chi connectivity index (χ0) is 14.9. The molecule has 2 rings (SSSR count). The summed E-state index contributed by atoms with van der Waals surface area (Å²) in [6, 6.07) is 19.4. The van der Waals surface area contributed by atoms with Crippen molar-refractivity contribution in [1.29, 1.82) is 0 Å².